The lowest BCUT2D eigenvalue weighted by molar-refractivity contribution is -0.137. The number of aromatic hydroxyl groups is 1. The number of carboxylic acid groups (broad SMARTS) is 1. The highest BCUT2D eigenvalue weighted by Crippen LogP contribution is 2.32. The maximum absolute atomic E-state index is 13.0. The lowest BCUT2D eigenvalue weighted by Gasteiger charge is -2.40. The van der Waals surface area contributed by atoms with E-state index in [1.54, 1.807) is 37.8 Å². The lowest BCUT2D eigenvalue weighted by Crippen LogP contribution is -2.52. The Morgan fingerprint density at radius 1 is 1.13 bits per heavy atom. The summed E-state index contributed by atoms with van der Waals surface area (Å²) in [7, 11) is 0. The van der Waals surface area contributed by atoms with Crippen LogP contribution in [-0.4, -0.2) is 50.6 Å². The molecule has 0 bridgehead atoms. The second-order valence-electron chi connectivity index (χ2n) is 6.85. The lowest BCUT2D eigenvalue weighted by atomic mass is 9.97. The number of phenolic OH excluding ortho intramolecular Hbond substituents is 1. The van der Waals surface area contributed by atoms with Crippen LogP contribution in [0.5, 0.6) is 5.75 Å². The summed E-state index contributed by atoms with van der Waals surface area (Å²) in [6.45, 7) is 6.62. The van der Waals surface area contributed by atoms with Gasteiger partial charge in [-0.3, -0.25) is 9.69 Å². The van der Waals surface area contributed by atoms with Gasteiger partial charge in [0.2, 0.25) is 5.91 Å². The van der Waals surface area contributed by atoms with Gasteiger partial charge in [0.15, 0.2) is 0 Å². The molecule has 1 aliphatic rings. The van der Waals surface area contributed by atoms with Crippen molar-refractivity contribution in [2.75, 3.05) is 13.1 Å². The standard InChI is InChI=1S/C17H24N2O4/c1-17(2,3)19(16(22)23)14(12-6-8-13(20)9-7-12)15(21)18-10-4-5-11-18/h6-9,14,20H,4-5,10-11H2,1-3H3,(H,22,23)/t14-/m0/s1. The van der Waals surface area contributed by atoms with Crippen LogP contribution in [0.4, 0.5) is 4.79 Å². The summed E-state index contributed by atoms with van der Waals surface area (Å²) < 4.78 is 0. The first kappa shape index (κ1) is 17.1. The average Bonchev–Trinajstić information content (AvgIpc) is 2.97. The van der Waals surface area contributed by atoms with Gasteiger partial charge < -0.3 is 15.1 Å². The molecule has 1 aromatic rings. The van der Waals surface area contributed by atoms with Crippen LogP contribution in [0, 0.1) is 0 Å². The minimum absolute atomic E-state index is 0.0822. The third kappa shape index (κ3) is 3.75. The van der Waals surface area contributed by atoms with Crippen LogP contribution in [0.3, 0.4) is 0 Å². The summed E-state index contributed by atoms with van der Waals surface area (Å²) in [4.78, 5) is 27.8. The number of benzene rings is 1. The van der Waals surface area contributed by atoms with E-state index in [-0.39, 0.29) is 11.7 Å². The molecular formula is C17H24N2O4. The fourth-order valence-corrected chi connectivity index (χ4v) is 2.95. The summed E-state index contributed by atoms with van der Waals surface area (Å²) in [5.41, 5.74) is -0.166. The Morgan fingerprint density at radius 2 is 1.65 bits per heavy atom. The molecule has 2 amide bonds. The van der Waals surface area contributed by atoms with E-state index in [1.807, 2.05) is 0 Å². The van der Waals surface area contributed by atoms with Gasteiger partial charge in [-0.1, -0.05) is 12.1 Å². The monoisotopic (exact) mass is 320 g/mol. The van der Waals surface area contributed by atoms with Crippen molar-refractivity contribution in [1.82, 2.24) is 9.80 Å². The molecule has 1 heterocycles. The van der Waals surface area contributed by atoms with Gasteiger partial charge in [-0.2, -0.15) is 0 Å². The Balaban J connectivity index is 2.47. The number of carbonyl (C=O) groups excluding carboxylic acids is 1. The molecule has 0 aliphatic carbocycles. The Hall–Kier alpha value is -2.24. The third-order valence-electron chi connectivity index (χ3n) is 4.05. The molecule has 23 heavy (non-hydrogen) atoms. The van der Waals surface area contributed by atoms with Crippen LogP contribution in [0.1, 0.15) is 45.2 Å². The van der Waals surface area contributed by atoms with Crippen molar-refractivity contribution in [2.45, 2.75) is 45.2 Å². The molecule has 6 heteroatoms. The van der Waals surface area contributed by atoms with Gasteiger partial charge in [0, 0.05) is 18.6 Å². The van der Waals surface area contributed by atoms with Crippen molar-refractivity contribution in [1.29, 1.82) is 0 Å². The number of nitrogens with zero attached hydrogens (tertiary/aromatic N) is 2. The van der Waals surface area contributed by atoms with Crippen molar-refractivity contribution in [2.24, 2.45) is 0 Å². The highest BCUT2D eigenvalue weighted by molar-refractivity contribution is 5.87. The number of hydrogen-bond acceptors (Lipinski definition) is 3. The van der Waals surface area contributed by atoms with Gasteiger partial charge in [-0.15, -0.1) is 0 Å². The molecule has 1 aromatic carbocycles. The van der Waals surface area contributed by atoms with Gasteiger partial charge in [-0.05, 0) is 51.3 Å². The van der Waals surface area contributed by atoms with Crippen LogP contribution in [-0.2, 0) is 4.79 Å². The summed E-state index contributed by atoms with van der Waals surface area (Å²) >= 11 is 0. The molecule has 0 saturated carbocycles. The van der Waals surface area contributed by atoms with Crippen LogP contribution in [0.25, 0.3) is 0 Å². The zero-order chi connectivity index (χ0) is 17.2. The predicted molar refractivity (Wildman–Crippen MR) is 86.3 cm³/mol. The van der Waals surface area contributed by atoms with Crippen molar-refractivity contribution < 1.29 is 19.8 Å². The zero-order valence-electron chi connectivity index (χ0n) is 13.8. The predicted octanol–water partition coefficient (Wildman–Crippen LogP) is 2.83. The van der Waals surface area contributed by atoms with Crippen molar-refractivity contribution in [3.8, 4) is 5.75 Å². The van der Waals surface area contributed by atoms with Crippen LogP contribution in [0.15, 0.2) is 24.3 Å². The van der Waals surface area contributed by atoms with E-state index >= 15 is 0 Å². The minimum Gasteiger partial charge on any atom is -0.508 e. The van der Waals surface area contributed by atoms with E-state index in [2.05, 4.69) is 0 Å². The number of hydrogen-bond donors (Lipinski definition) is 2. The van der Waals surface area contributed by atoms with E-state index in [9.17, 15) is 19.8 Å². The quantitative estimate of drug-likeness (QED) is 0.897. The molecule has 126 valence electrons. The Labute approximate surface area is 136 Å². The maximum Gasteiger partial charge on any atom is 0.408 e. The highest BCUT2D eigenvalue weighted by Gasteiger charge is 2.40. The number of carbonyl (C=O) groups is 2. The molecule has 1 saturated heterocycles. The summed E-state index contributed by atoms with van der Waals surface area (Å²) in [5.74, 6) is -0.121. The van der Waals surface area contributed by atoms with Gasteiger partial charge in [0.05, 0.1) is 0 Å². The molecule has 0 aromatic heterocycles. The molecule has 0 spiro atoms. The smallest absolute Gasteiger partial charge is 0.408 e. The van der Waals surface area contributed by atoms with Gasteiger partial charge in [0.1, 0.15) is 11.8 Å². The molecule has 0 unspecified atom stereocenters. The second kappa shape index (κ2) is 6.48. The van der Waals surface area contributed by atoms with Crippen molar-refractivity contribution >= 4 is 12.0 Å². The molecule has 2 rings (SSSR count). The maximum atomic E-state index is 13.0. The first-order valence-electron chi connectivity index (χ1n) is 7.82. The highest BCUT2D eigenvalue weighted by atomic mass is 16.4. The molecule has 2 N–H and O–H groups in total. The molecule has 0 radical (unpaired) electrons. The van der Waals surface area contributed by atoms with Gasteiger partial charge >= 0.3 is 6.09 Å². The second-order valence-corrected chi connectivity index (χ2v) is 6.85. The van der Waals surface area contributed by atoms with E-state index in [0.29, 0.717) is 18.7 Å². The Kier molecular flexibility index (Phi) is 4.82. The molecule has 1 atom stereocenters. The fraction of sp³-hybridized carbons (Fsp3) is 0.529. The van der Waals surface area contributed by atoms with Crippen molar-refractivity contribution in [3.63, 3.8) is 0 Å². The Morgan fingerprint density at radius 3 is 2.09 bits per heavy atom. The first-order valence-corrected chi connectivity index (χ1v) is 7.82. The van der Waals surface area contributed by atoms with Crippen LogP contribution >= 0.6 is 0 Å². The number of rotatable bonds is 3. The number of amides is 2. The summed E-state index contributed by atoms with van der Waals surface area (Å²) in [6, 6.07) is 5.25. The summed E-state index contributed by atoms with van der Waals surface area (Å²) in [6.07, 6.45) is 0.746. The van der Waals surface area contributed by atoms with E-state index in [0.717, 1.165) is 12.8 Å². The third-order valence-corrected chi connectivity index (χ3v) is 4.05. The zero-order valence-corrected chi connectivity index (χ0v) is 13.8. The molecule has 6 nitrogen and oxygen atoms in total. The first-order chi connectivity index (χ1) is 10.7. The van der Waals surface area contributed by atoms with Crippen LogP contribution in [0.2, 0.25) is 0 Å². The normalized spacial score (nSPS) is 16.2. The Bertz CT molecular complexity index is 571. The van der Waals surface area contributed by atoms with Crippen LogP contribution < -0.4 is 0 Å². The van der Waals surface area contributed by atoms with Gasteiger partial charge in [-0.25, -0.2) is 4.79 Å². The summed E-state index contributed by atoms with van der Waals surface area (Å²) in [5, 5.41) is 19.2. The minimum atomic E-state index is -1.14. The fourth-order valence-electron chi connectivity index (χ4n) is 2.95. The molecular weight excluding hydrogens is 296 g/mol. The molecule has 1 aliphatic heterocycles. The van der Waals surface area contributed by atoms with E-state index in [4.69, 9.17) is 0 Å². The largest absolute Gasteiger partial charge is 0.508 e. The topological polar surface area (TPSA) is 81.1 Å². The average molecular weight is 320 g/mol. The number of phenols is 1. The van der Waals surface area contributed by atoms with E-state index < -0.39 is 17.7 Å². The molecule has 1 fully saturated rings. The van der Waals surface area contributed by atoms with Gasteiger partial charge in [0.25, 0.3) is 0 Å². The SMILES string of the molecule is CC(C)(C)N(C(=O)O)[C@H](C(=O)N1CCCC1)c1ccc(O)cc1. The number of likely N-dealkylation sites (tertiary alicyclic amines) is 1. The van der Waals surface area contributed by atoms with E-state index in [1.165, 1.54) is 17.0 Å². The van der Waals surface area contributed by atoms with Crippen molar-refractivity contribution in [3.05, 3.63) is 29.8 Å².